The highest BCUT2D eigenvalue weighted by Gasteiger charge is 2.24. The van der Waals surface area contributed by atoms with Crippen LogP contribution >= 0.6 is 10.5 Å². The Kier molecular flexibility index (Phi) is 4.99. The lowest BCUT2D eigenvalue weighted by Crippen LogP contribution is -2.25. The maximum absolute atomic E-state index is 6.22. The fourth-order valence-corrected chi connectivity index (χ4v) is 4.43. The largest absolute Gasteiger partial charge is 0.494 e. The molecular formula is C15H25NO2S. The third-order valence-corrected chi connectivity index (χ3v) is 5.85. The molecule has 1 unspecified atom stereocenters. The second-order valence-electron chi connectivity index (χ2n) is 5.27. The van der Waals surface area contributed by atoms with E-state index in [0.717, 1.165) is 29.7 Å². The van der Waals surface area contributed by atoms with Crippen LogP contribution in [0.5, 0.6) is 11.5 Å². The van der Waals surface area contributed by atoms with E-state index in [2.05, 4.69) is 17.9 Å². The van der Waals surface area contributed by atoms with Crippen molar-refractivity contribution in [1.82, 2.24) is 4.72 Å². The van der Waals surface area contributed by atoms with Gasteiger partial charge in [0.2, 0.25) is 0 Å². The zero-order valence-electron chi connectivity index (χ0n) is 12.1. The summed E-state index contributed by atoms with van der Waals surface area (Å²) in [5.41, 5.74) is 0. The molecule has 0 bridgehead atoms. The Bertz CT molecular complexity index is 396. The van der Waals surface area contributed by atoms with Crippen LogP contribution in [0.3, 0.4) is 0 Å². The Labute approximate surface area is 118 Å². The van der Waals surface area contributed by atoms with Gasteiger partial charge in [0.15, 0.2) is 0 Å². The molecule has 1 N–H and O–H groups in total. The van der Waals surface area contributed by atoms with Crippen LogP contribution in [-0.2, 0) is 0 Å². The monoisotopic (exact) mass is 283 g/mol. The van der Waals surface area contributed by atoms with Gasteiger partial charge in [-0.2, -0.15) is 0 Å². The summed E-state index contributed by atoms with van der Waals surface area (Å²) < 4.78 is 15.3. The van der Waals surface area contributed by atoms with Crippen LogP contribution in [0.1, 0.15) is 26.7 Å². The first-order chi connectivity index (χ1) is 9.11. The molecule has 4 heteroatoms. The molecule has 2 rings (SSSR count). The van der Waals surface area contributed by atoms with E-state index in [-0.39, 0.29) is 0 Å². The lowest BCUT2D eigenvalue weighted by molar-refractivity contribution is 0.340. The Hall–Kier alpha value is -0.870. The lowest BCUT2D eigenvalue weighted by Gasteiger charge is -2.35. The van der Waals surface area contributed by atoms with Crippen molar-refractivity contribution in [2.24, 2.45) is 5.92 Å². The number of rotatable bonds is 4. The topological polar surface area (TPSA) is 30.5 Å². The third kappa shape index (κ3) is 4.32. The van der Waals surface area contributed by atoms with Crippen LogP contribution in [0.25, 0.3) is 0 Å². The summed E-state index contributed by atoms with van der Waals surface area (Å²) in [5.74, 6) is 3.76. The van der Waals surface area contributed by atoms with E-state index in [1.807, 2.05) is 31.2 Å². The number of benzene rings is 1. The summed E-state index contributed by atoms with van der Waals surface area (Å²) >= 11 is 0. The average molecular weight is 283 g/mol. The van der Waals surface area contributed by atoms with Crippen LogP contribution in [-0.4, -0.2) is 25.2 Å². The third-order valence-electron chi connectivity index (χ3n) is 3.46. The van der Waals surface area contributed by atoms with Crippen LogP contribution < -0.4 is 13.6 Å². The van der Waals surface area contributed by atoms with Crippen LogP contribution in [0.2, 0.25) is 0 Å². The molecule has 0 aliphatic carbocycles. The number of hydrogen-bond acceptors (Lipinski definition) is 3. The van der Waals surface area contributed by atoms with Gasteiger partial charge < -0.3 is 8.92 Å². The van der Waals surface area contributed by atoms with E-state index in [1.54, 1.807) is 0 Å². The van der Waals surface area contributed by atoms with Crippen LogP contribution in [0, 0.1) is 5.92 Å². The Morgan fingerprint density at radius 3 is 2.58 bits per heavy atom. The minimum atomic E-state index is -1.18. The predicted molar refractivity (Wildman–Crippen MR) is 83.0 cm³/mol. The van der Waals surface area contributed by atoms with Gasteiger partial charge in [-0.15, -0.1) is 0 Å². The van der Waals surface area contributed by atoms with E-state index in [1.165, 1.54) is 12.8 Å². The normalized spacial score (nSPS) is 31.0. The minimum Gasteiger partial charge on any atom is -0.494 e. The van der Waals surface area contributed by atoms with Gasteiger partial charge in [0, 0.05) is 18.6 Å². The molecule has 108 valence electrons. The summed E-state index contributed by atoms with van der Waals surface area (Å²) in [6.07, 6.45) is 4.71. The van der Waals surface area contributed by atoms with Gasteiger partial charge in [0.05, 0.1) is 6.61 Å². The van der Waals surface area contributed by atoms with Crippen molar-refractivity contribution >= 4 is 10.5 Å². The van der Waals surface area contributed by atoms with Gasteiger partial charge in [-0.25, -0.2) is 0 Å². The van der Waals surface area contributed by atoms with Crippen molar-refractivity contribution in [3.63, 3.8) is 0 Å². The molecule has 1 heterocycles. The molecule has 3 nitrogen and oxygen atoms in total. The molecule has 0 saturated carbocycles. The summed E-state index contributed by atoms with van der Waals surface area (Å²) in [4.78, 5) is 0. The molecule has 0 spiro atoms. The lowest BCUT2D eigenvalue weighted by atomic mass is 10.1. The van der Waals surface area contributed by atoms with Crippen molar-refractivity contribution in [2.75, 3.05) is 25.2 Å². The van der Waals surface area contributed by atoms with Gasteiger partial charge in [0.1, 0.15) is 11.5 Å². The first-order valence-corrected chi connectivity index (χ1v) is 9.18. The molecule has 1 fully saturated rings. The fraction of sp³-hybridized carbons (Fsp3) is 0.600. The average Bonchev–Trinajstić information content (AvgIpc) is 2.55. The van der Waals surface area contributed by atoms with Gasteiger partial charge >= 0.3 is 0 Å². The molecule has 0 aromatic heterocycles. The maximum Gasteiger partial charge on any atom is 0.136 e. The maximum atomic E-state index is 6.22. The predicted octanol–water partition coefficient (Wildman–Crippen LogP) is 3.75. The van der Waals surface area contributed by atoms with E-state index in [4.69, 9.17) is 8.92 Å². The van der Waals surface area contributed by atoms with E-state index >= 15 is 0 Å². The Morgan fingerprint density at radius 2 is 1.89 bits per heavy atom. The summed E-state index contributed by atoms with van der Waals surface area (Å²) in [5, 5.41) is 0. The molecule has 1 aromatic rings. The molecule has 1 aromatic carbocycles. The quantitative estimate of drug-likeness (QED) is 0.913. The summed E-state index contributed by atoms with van der Waals surface area (Å²) in [6, 6.07) is 7.94. The smallest absolute Gasteiger partial charge is 0.136 e. The highest BCUT2D eigenvalue weighted by molar-refractivity contribution is 8.28. The molecular weight excluding hydrogens is 258 g/mol. The Balaban J connectivity index is 1.98. The summed E-state index contributed by atoms with van der Waals surface area (Å²) in [6.45, 7) is 6.07. The molecule has 19 heavy (non-hydrogen) atoms. The van der Waals surface area contributed by atoms with Crippen LogP contribution in [0.4, 0.5) is 0 Å². The molecule has 1 saturated heterocycles. The fourth-order valence-electron chi connectivity index (χ4n) is 2.21. The molecule has 1 aliphatic rings. The highest BCUT2D eigenvalue weighted by Crippen LogP contribution is 2.44. The number of ether oxygens (including phenoxy) is 1. The van der Waals surface area contributed by atoms with E-state index in [0.29, 0.717) is 6.61 Å². The molecule has 0 radical (unpaired) electrons. The Morgan fingerprint density at radius 1 is 1.21 bits per heavy atom. The second kappa shape index (κ2) is 6.53. The van der Waals surface area contributed by atoms with Crippen molar-refractivity contribution in [1.29, 1.82) is 0 Å². The standard InChI is InChI=1S/C15H25NO2S/c1-4-17-14-5-7-15(8-6-14)18-19(3)12-10-13(2)9-11-16-19/h5-8,13,16H,4,9-12H2,1-3H3/t13-/m0/s1. The molecule has 0 amide bonds. The first kappa shape index (κ1) is 14.5. The van der Waals surface area contributed by atoms with E-state index in [9.17, 15) is 0 Å². The van der Waals surface area contributed by atoms with Crippen molar-refractivity contribution in [2.45, 2.75) is 26.7 Å². The van der Waals surface area contributed by atoms with Gasteiger partial charge in [-0.05, 0) is 60.4 Å². The van der Waals surface area contributed by atoms with E-state index < -0.39 is 10.5 Å². The second-order valence-corrected chi connectivity index (χ2v) is 8.15. The SMILES string of the molecule is CCOc1ccc(OS2(C)CC[C@@H](C)CCN2)cc1. The van der Waals surface area contributed by atoms with Crippen molar-refractivity contribution in [3.05, 3.63) is 24.3 Å². The first-order valence-electron chi connectivity index (χ1n) is 7.04. The van der Waals surface area contributed by atoms with Crippen molar-refractivity contribution < 1.29 is 8.92 Å². The summed E-state index contributed by atoms with van der Waals surface area (Å²) in [7, 11) is -1.18. The zero-order chi connectivity index (χ0) is 13.7. The van der Waals surface area contributed by atoms with Gasteiger partial charge in [0.25, 0.3) is 0 Å². The van der Waals surface area contributed by atoms with Crippen molar-refractivity contribution in [3.8, 4) is 11.5 Å². The number of hydrogen-bond donors (Lipinski definition) is 1. The molecule has 1 aliphatic heterocycles. The van der Waals surface area contributed by atoms with Crippen LogP contribution in [0.15, 0.2) is 24.3 Å². The van der Waals surface area contributed by atoms with Gasteiger partial charge in [-0.1, -0.05) is 6.92 Å². The zero-order valence-corrected chi connectivity index (χ0v) is 13.0. The number of nitrogens with one attached hydrogen (secondary N) is 1. The van der Waals surface area contributed by atoms with Gasteiger partial charge in [-0.3, -0.25) is 4.72 Å². The highest BCUT2D eigenvalue weighted by atomic mass is 32.3. The minimum absolute atomic E-state index is 0.697. The molecule has 2 atom stereocenters.